The van der Waals surface area contributed by atoms with E-state index >= 15 is 0 Å². The van der Waals surface area contributed by atoms with Gasteiger partial charge in [-0.05, 0) is 35.4 Å². The van der Waals surface area contributed by atoms with Crippen molar-refractivity contribution in [2.24, 2.45) is 0 Å². The van der Waals surface area contributed by atoms with E-state index in [0.717, 1.165) is 44.8 Å². The van der Waals surface area contributed by atoms with Crippen LogP contribution in [0.25, 0.3) is 46.4 Å². The van der Waals surface area contributed by atoms with Crippen LogP contribution in [0.3, 0.4) is 0 Å². The van der Waals surface area contributed by atoms with Gasteiger partial charge in [0.15, 0.2) is 0 Å². The highest BCUT2D eigenvalue weighted by molar-refractivity contribution is 5.93. The summed E-state index contributed by atoms with van der Waals surface area (Å²) < 4.78 is 0. The molecule has 5 rings (SSSR count). The summed E-state index contributed by atoms with van der Waals surface area (Å²) in [5.41, 5.74) is 6.08. The van der Waals surface area contributed by atoms with Crippen LogP contribution in [0.1, 0.15) is 22.8 Å². The summed E-state index contributed by atoms with van der Waals surface area (Å²) in [4.78, 5) is 16.1. The predicted octanol–water partition coefficient (Wildman–Crippen LogP) is 5.78. The highest BCUT2D eigenvalue weighted by atomic mass is 14.9. The van der Waals surface area contributed by atoms with E-state index in [-0.39, 0.29) is 0 Å². The number of aromatic nitrogens is 4. The van der Waals surface area contributed by atoms with Crippen LogP contribution in [-0.2, 0) is 0 Å². The molecule has 4 heteroatoms. The quantitative estimate of drug-likeness (QED) is 0.426. The van der Waals surface area contributed by atoms with Crippen molar-refractivity contribution in [3.63, 3.8) is 0 Å². The van der Waals surface area contributed by atoms with Gasteiger partial charge >= 0.3 is 0 Å². The molecule has 0 atom stereocenters. The Bertz CT molecular complexity index is 1140. The number of rotatable bonds is 4. The Balaban J connectivity index is 1.44. The number of aromatic amines is 2. The lowest BCUT2D eigenvalue weighted by Gasteiger charge is -1.90. The van der Waals surface area contributed by atoms with Crippen LogP contribution < -0.4 is 0 Å². The standard InChI is InChI=1S/C24H18N4/c1-3-7-17(8-4-1)11-13-23-25-19-15-21-22(16-20(19)26-23)28-24(27-21)14-12-18-9-5-2-6-10-18/h1-16H,(H,25,26)(H,27,28)/b13-11+,14-12?. The summed E-state index contributed by atoms with van der Waals surface area (Å²) in [6.07, 6.45) is 8.08. The molecule has 0 saturated carbocycles. The fourth-order valence-corrected chi connectivity index (χ4v) is 3.19. The van der Waals surface area contributed by atoms with E-state index in [4.69, 9.17) is 0 Å². The van der Waals surface area contributed by atoms with Gasteiger partial charge in [0.25, 0.3) is 0 Å². The van der Waals surface area contributed by atoms with E-state index in [9.17, 15) is 0 Å². The highest BCUT2D eigenvalue weighted by Gasteiger charge is 2.06. The maximum absolute atomic E-state index is 4.67. The molecule has 0 unspecified atom stereocenters. The number of imidazole rings is 2. The van der Waals surface area contributed by atoms with E-state index in [1.807, 2.05) is 66.8 Å². The van der Waals surface area contributed by atoms with Crippen molar-refractivity contribution in [3.8, 4) is 0 Å². The highest BCUT2D eigenvalue weighted by Crippen LogP contribution is 2.21. The first kappa shape index (κ1) is 16.3. The topological polar surface area (TPSA) is 57.4 Å². The Morgan fingerprint density at radius 2 is 1.00 bits per heavy atom. The van der Waals surface area contributed by atoms with Crippen LogP contribution in [0.15, 0.2) is 72.8 Å². The van der Waals surface area contributed by atoms with Crippen molar-refractivity contribution in [1.82, 2.24) is 19.9 Å². The number of hydrogen-bond donors (Lipinski definition) is 2. The molecule has 0 bridgehead atoms. The Kier molecular flexibility index (Phi) is 4.07. The van der Waals surface area contributed by atoms with Crippen LogP contribution in [0.4, 0.5) is 0 Å². The maximum atomic E-state index is 4.67. The third-order valence-electron chi connectivity index (χ3n) is 4.59. The van der Waals surface area contributed by atoms with Gasteiger partial charge in [-0.15, -0.1) is 0 Å². The predicted molar refractivity (Wildman–Crippen MR) is 116 cm³/mol. The number of benzene rings is 3. The Morgan fingerprint density at radius 3 is 1.46 bits per heavy atom. The van der Waals surface area contributed by atoms with E-state index < -0.39 is 0 Å². The minimum atomic E-state index is 0.829. The molecular weight excluding hydrogens is 344 g/mol. The fraction of sp³-hybridized carbons (Fsp3) is 0. The van der Waals surface area contributed by atoms with Gasteiger partial charge in [0.2, 0.25) is 0 Å². The molecule has 0 spiro atoms. The van der Waals surface area contributed by atoms with Gasteiger partial charge in [-0.2, -0.15) is 0 Å². The molecule has 5 aromatic rings. The molecular formula is C24H18N4. The van der Waals surface area contributed by atoms with Crippen LogP contribution in [0.2, 0.25) is 0 Å². The van der Waals surface area contributed by atoms with Crippen molar-refractivity contribution in [2.45, 2.75) is 0 Å². The molecule has 4 nitrogen and oxygen atoms in total. The summed E-state index contributed by atoms with van der Waals surface area (Å²) in [7, 11) is 0. The van der Waals surface area contributed by atoms with Crippen molar-refractivity contribution >= 4 is 46.4 Å². The van der Waals surface area contributed by atoms with Crippen molar-refractivity contribution in [3.05, 3.63) is 95.6 Å². The van der Waals surface area contributed by atoms with E-state index in [0.29, 0.717) is 0 Å². The molecule has 0 saturated heterocycles. The van der Waals surface area contributed by atoms with Crippen molar-refractivity contribution < 1.29 is 0 Å². The van der Waals surface area contributed by atoms with Gasteiger partial charge in [0.05, 0.1) is 22.1 Å². The molecule has 2 aromatic heterocycles. The average Bonchev–Trinajstić information content (AvgIpc) is 3.32. The minimum Gasteiger partial charge on any atom is -0.338 e. The smallest absolute Gasteiger partial charge is 0.131 e. The molecule has 28 heavy (non-hydrogen) atoms. The van der Waals surface area contributed by atoms with Crippen LogP contribution in [0, 0.1) is 0 Å². The second-order valence-corrected chi connectivity index (χ2v) is 6.62. The number of nitrogens with one attached hydrogen (secondary N) is 2. The lowest BCUT2D eigenvalue weighted by atomic mass is 10.2. The Morgan fingerprint density at radius 1 is 0.536 bits per heavy atom. The van der Waals surface area contributed by atoms with Crippen LogP contribution in [0.5, 0.6) is 0 Å². The van der Waals surface area contributed by atoms with Gasteiger partial charge < -0.3 is 9.97 Å². The SMILES string of the molecule is C(=Cc1nc2cc3nc(/C=C/c4ccccc4)[nH]c3cc2[nH]1)c1ccccc1. The number of hydrogen-bond acceptors (Lipinski definition) is 2. The first-order chi connectivity index (χ1) is 13.8. The lowest BCUT2D eigenvalue weighted by molar-refractivity contribution is 1.28. The van der Waals surface area contributed by atoms with Crippen molar-refractivity contribution in [2.75, 3.05) is 0 Å². The zero-order chi connectivity index (χ0) is 18.8. The minimum absolute atomic E-state index is 0.829. The van der Waals surface area contributed by atoms with Gasteiger partial charge in [-0.25, -0.2) is 9.97 Å². The van der Waals surface area contributed by atoms with E-state index in [1.165, 1.54) is 0 Å². The van der Waals surface area contributed by atoms with Gasteiger partial charge in [-0.1, -0.05) is 72.8 Å². The van der Waals surface area contributed by atoms with Gasteiger partial charge in [0, 0.05) is 0 Å². The summed E-state index contributed by atoms with van der Waals surface area (Å²) in [6.45, 7) is 0. The summed E-state index contributed by atoms with van der Waals surface area (Å²) in [5, 5.41) is 0. The van der Waals surface area contributed by atoms with Crippen LogP contribution >= 0.6 is 0 Å². The molecule has 0 aliphatic carbocycles. The largest absolute Gasteiger partial charge is 0.338 e. The van der Waals surface area contributed by atoms with Crippen molar-refractivity contribution in [1.29, 1.82) is 0 Å². The Labute approximate surface area is 162 Å². The normalized spacial score (nSPS) is 12.0. The molecule has 2 heterocycles. The third-order valence-corrected chi connectivity index (χ3v) is 4.59. The molecule has 0 radical (unpaired) electrons. The lowest BCUT2D eigenvalue weighted by Crippen LogP contribution is -1.75. The summed E-state index contributed by atoms with van der Waals surface area (Å²) in [5.74, 6) is 1.66. The zero-order valence-corrected chi connectivity index (χ0v) is 15.1. The first-order valence-corrected chi connectivity index (χ1v) is 9.19. The molecule has 0 fully saturated rings. The number of nitrogens with zero attached hydrogens (tertiary/aromatic N) is 2. The summed E-state index contributed by atoms with van der Waals surface area (Å²) >= 11 is 0. The van der Waals surface area contributed by atoms with Gasteiger partial charge in [0.1, 0.15) is 11.6 Å². The fourth-order valence-electron chi connectivity index (χ4n) is 3.19. The number of H-pyrrole nitrogens is 2. The molecule has 0 aliphatic heterocycles. The monoisotopic (exact) mass is 362 g/mol. The average molecular weight is 362 g/mol. The third kappa shape index (κ3) is 3.35. The zero-order valence-electron chi connectivity index (χ0n) is 15.1. The van der Waals surface area contributed by atoms with Crippen LogP contribution in [-0.4, -0.2) is 19.9 Å². The van der Waals surface area contributed by atoms with E-state index in [1.54, 1.807) is 0 Å². The molecule has 2 N–H and O–H groups in total. The second-order valence-electron chi connectivity index (χ2n) is 6.62. The molecule has 134 valence electrons. The second kappa shape index (κ2) is 7.00. The molecule has 0 amide bonds. The van der Waals surface area contributed by atoms with E-state index in [2.05, 4.69) is 50.3 Å². The first-order valence-electron chi connectivity index (χ1n) is 9.19. The maximum Gasteiger partial charge on any atom is 0.131 e. The Hall–Kier alpha value is -3.92. The summed E-state index contributed by atoms with van der Waals surface area (Å²) in [6, 6.07) is 24.5. The van der Waals surface area contributed by atoms with Gasteiger partial charge in [-0.3, -0.25) is 0 Å². The molecule has 3 aromatic carbocycles. The molecule has 0 aliphatic rings. The number of fused-ring (bicyclic) bond motifs is 2.